The number of amides is 1. The Labute approximate surface area is 176 Å². The van der Waals surface area contributed by atoms with E-state index >= 15 is 0 Å². The van der Waals surface area contributed by atoms with Crippen LogP contribution in [0.1, 0.15) is 81.6 Å². The van der Waals surface area contributed by atoms with Gasteiger partial charge in [-0.2, -0.15) is 0 Å². The second-order valence-electron chi connectivity index (χ2n) is 9.22. The van der Waals surface area contributed by atoms with Crippen LogP contribution in [-0.2, 0) is 14.3 Å². The van der Waals surface area contributed by atoms with Crippen molar-refractivity contribution in [3.63, 3.8) is 0 Å². The average Bonchev–Trinajstić information content (AvgIpc) is 2.95. The van der Waals surface area contributed by atoms with Crippen LogP contribution in [0.4, 0.5) is 0 Å². The van der Waals surface area contributed by atoms with Gasteiger partial charge in [0.1, 0.15) is 11.4 Å². The minimum atomic E-state index is -1.01. The molecule has 29 heavy (non-hydrogen) atoms. The summed E-state index contributed by atoms with van der Waals surface area (Å²) >= 11 is 0. The average molecular weight is 403 g/mol. The van der Waals surface area contributed by atoms with E-state index in [1.165, 1.54) is 0 Å². The number of rotatable bonds is 9. The third-order valence-corrected chi connectivity index (χ3v) is 5.85. The Hall–Kier alpha value is -2.09. The van der Waals surface area contributed by atoms with Crippen molar-refractivity contribution in [2.75, 3.05) is 0 Å². The number of carbonyl (C=O) groups is 2. The van der Waals surface area contributed by atoms with E-state index in [2.05, 4.69) is 25.1 Å². The van der Waals surface area contributed by atoms with E-state index < -0.39 is 17.1 Å². The molecule has 1 rings (SSSR count). The summed E-state index contributed by atoms with van der Waals surface area (Å²) in [6, 6.07) is 0. The number of ether oxygens (including phenoxy) is 1. The van der Waals surface area contributed by atoms with Crippen molar-refractivity contribution >= 4 is 17.7 Å². The summed E-state index contributed by atoms with van der Waals surface area (Å²) in [5.74, 6) is 2.75. The molecule has 0 aromatic heterocycles. The van der Waals surface area contributed by atoms with E-state index in [1.54, 1.807) is 13.8 Å². The number of nitrogens with one attached hydrogen (secondary N) is 1. The maximum absolute atomic E-state index is 13.2. The zero-order valence-corrected chi connectivity index (χ0v) is 19.6. The van der Waals surface area contributed by atoms with Gasteiger partial charge in [-0.05, 0) is 51.4 Å². The standard InChI is InChI=1S/C24H38N2O3/c1-11-16(6)19(21(27)29-23(8,9)13-3)18(14-15(4)5)20-25-22(28)24(10,26-20)17(7)12-2/h3,15-17H,11-12,14H2,1-2,4-10H3,(H,25,26,28)/b19-18+. The normalized spacial score (nSPS) is 22.4. The summed E-state index contributed by atoms with van der Waals surface area (Å²) in [6.45, 7) is 17.5. The lowest BCUT2D eigenvalue weighted by Crippen LogP contribution is -2.42. The molecule has 1 aliphatic rings. The second kappa shape index (κ2) is 9.61. The molecule has 0 bridgehead atoms. The molecular weight excluding hydrogens is 364 g/mol. The zero-order valence-electron chi connectivity index (χ0n) is 19.6. The van der Waals surface area contributed by atoms with E-state index in [0.717, 1.165) is 18.4 Å². The highest BCUT2D eigenvalue weighted by Crippen LogP contribution is 2.33. The fraction of sp³-hybridized carbons (Fsp3) is 0.708. The van der Waals surface area contributed by atoms with Crippen molar-refractivity contribution in [2.24, 2.45) is 22.7 Å². The Morgan fingerprint density at radius 3 is 2.28 bits per heavy atom. The van der Waals surface area contributed by atoms with Gasteiger partial charge >= 0.3 is 5.97 Å². The first kappa shape index (κ1) is 24.9. The van der Waals surface area contributed by atoms with Gasteiger partial charge in [0.05, 0.1) is 0 Å². The molecule has 3 atom stereocenters. The molecule has 0 aromatic rings. The van der Waals surface area contributed by atoms with Crippen LogP contribution in [0.3, 0.4) is 0 Å². The van der Waals surface area contributed by atoms with E-state index in [1.807, 2.05) is 34.6 Å². The van der Waals surface area contributed by atoms with Crippen LogP contribution in [0.5, 0.6) is 0 Å². The van der Waals surface area contributed by atoms with Crippen LogP contribution in [0.2, 0.25) is 0 Å². The van der Waals surface area contributed by atoms with Gasteiger partial charge in [0.2, 0.25) is 0 Å². The number of hydrogen-bond acceptors (Lipinski definition) is 4. The van der Waals surface area contributed by atoms with Crippen LogP contribution in [0, 0.1) is 30.1 Å². The van der Waals surface area contributed by atoms with Crippen molar-refractivity contribution in [3.05, 3.63) is 11.1 Å². The van der Waals surface area contributed by atoms with Crippen molar-refractivity contribution in [2.45, 2.75) is 92.7 Å². The predicted octanol–water partition coefficient (Wildman–Crippen LogP) is 4.66. The molecule has 5 heteroatoms. The van der Waals surface area contributed by atoms with Gasteiger partial charge in [-0.15, -0.1) is 6.42 Å². The molecular formula is C24H38N2O3. The Kier molecular flexibility index (Phi) is 8.26. The van der Waals surface area contributed by atoms with E-state index in [-0.39, 0.29) is 23.7 Å². The van der Waals surface area contributed by atoms with Crippen molar-refractivity contribution in [1.29, 1.82) is 0 Å². The topological polar surface area (TPSA) is 67.8 Å². The summed E-state index contributed by atoms with van der Waals surface area (Å²) in [4.78, 5) is 30.8. The Balaban J connectivity index is 3.63. The number of carbonyl (C=O) groups excluding carboxylic acids is 2. The number of terminal acetylenes is 1. The number of hydrogen-bond donors (Lipinski definition) is 1. The van der Waals surface area contributed by atoms with Crippen LogP contribution in [0.15, 0.2) is 16.1 Å². The molecule has 1 heterocycles. The first-order chi connectivity index (χ1) is 13.3. The fourth-order valence-corrected chi connectivity index (χ4v) is 3.30. The molecule has 0 fully saturated rings. The zero-order chi connectivity index (χ0) is 22.6. The van der Waals surface area contributed by atoms with E-state index in [9.17, 15) is 9.59 Å². The lowest BCUT2D eigenvalue weighted by Gasteiger charge is -2.25. The van der Waals surface area contributed by atoms with Gasteiger partial charge in [-0.25, -0.2) is 4.79 Å². The summed E-state index contributed by atoms with van der Waals surface area (Å²) in [5, 5.41) is 2.96. The number of nitrogens with zero attached hydrogens (tertiary/aromatic N) is 1. The molecule has 0 spiro atoms. The minimum Gasteiger partial charge on any atom is -0.443 e. The summed E-state index contributed by atoms with van der Waals surface area (Å²) in [6.07, 6.45) is 7.72. The number of amidine groups is 1. The highest BCUT2D eigenvalue weighted by atomic mass is 16.6. The smallest absolute Gasteiger partial charge is 0.336 e. The summed E-state index contributed by atoms with van der Waals surface area (Å²) < 4.78 is 5.64. The van der Waals surface area contributed by atoms with Crippen LogP contribution < -0.4 is 5.32 Å². The molecule has 1 N–H and O–H groups in total. The Bertz CT molecular complexity index is 740. The van der Waals surface area contributed by atoms with Gasteiger partial charge in [-0.3, -0.25) is 9.79 Å². The van der Waals surface area contributed by atoms with Gasteiger partial charge in [0.25, 0.3) is 5.91 Å². The second-order valence-corrected chi connectivity index (χ2v) is 9.22. The van der Waals surface area contributed by atoms with E-state index in [0.29, 0.717) is 17.8 Å². The monoisotopic (exact) mass is 402 g/mol. The molecule has 1 amide bonds. The maximum atomic E-state index is 13.2. The van der Waals surface area contributed by atoms with Crippen LogP contribution >= 0.6 is 0 Å². The van der Waals surface area contributed by atoms with Crippen LogP contribution in [0.25, 0.3) is 0 Å². The highest BCUT2D eigenvalue weighted by Gasteiger charge is 2.44. The molecule has 0 radical (unpaired) electrons. The summed E-state index contributed by atoms with van der Waals surface area (Å²) in [7, 11) is 0. The van der Waals surface area contributed by atoms with Gasteiger partial charge in [-0.1, -0.05) is 53.9 Å². The molecule has 0 saturated carbocycles. The van der Waals surface area contributed by atoms with Crippen molar-refractivity contribution < 1.29 is 14.3 Å². The number of aliphatic imine (C=N–C) groups is 1. The van der Waals surface area contributed by atoms with Crippen LogP contribution in [-0.4, -0.2) is 28.9 Å². The molecule has 0 aliphatic carbocycles. The summed E-state index contributed by atoms with van der Waals surface area (Å²) in [5.41, 5.74) is -0.538. The third-order valence-electron chi connectivity index (χ3n) is 5.85. The van der Waals surface area contributed by atoms with Gasteiger partial charge in [0, 0.05) is 11.1 Å². The molecule has 1 aliphatic heterocycles. The SMILES string of the molecule is C#CC(C)(C)OC(=O)/C(=C(\CC(C)C)C1=NC(C)(C(C)CC)C(=O)N1)C(C)CC. The lowest BCUT2D eigenvalue weighted by atomic mass is 9.85. The minimum absolute atomic E-state index is 0.0557. The van der Waals surface area contributed by atoms with Crippen molar-refractivity contribution in [3.8, 4) is 12.3 Å². The molecule has 5 nitrogen and oxygen atoms in total. The predicted molar refractivity (Wildman–Crippen MR) is 118 cm³/mol. The lowest BCUT2D eigenvalue weighted by molar-refractivity contribution is -0.147. The largest absolute Gasteiger partial charge is 0.443 e. The quantitative estimate of drug-likeness (QED) is 0.346. The Morgan fingerprint density at radius 2 is 1.83 bits per heavy atom. The first-order valence-corrected chi connectivity index (χ1v) is 10.7. The van der Waals surface area contributed by atoms with Gasteiger partial charge < -0.3 is 10.1 Å². The van der Waals surface area contributed by atoms with Crippen molar-refractivity contribution in [1.82, 2.24) is 5.32 Å². The fourth-order valence-electron chi connectivity index (χ4n) is 3.30. The van der Waals surface area contributed by atoms with E-state index in [4.69, 9.17) is 16.2 Å². The maximum Gasteiger partial charge on any atom is 0.336 e. The molecule has 162 valence electrons. The number of esters is 1. The first-order valence-electron chi connectivity index (χ1n) is 10.7. The molecule has 0 saturated heterocycles. The third kappa shape index (κ3) is 5.72. The highest BCUT2D eigenvalue weighted by molar-refractivity contribution is 6.17. The molecule has 0 aromatic carbocycles. The Morgan fingerprint density at radius 1 is 1.24 bits per heavy atom. The van der Waals surface area contributed by atoms with Gasteiger partial charge in [0.15, 0.2) is 5.60 Å². The molecule has 3 unspecified atom stereocenters.